The van der Waals surface area contributed by atoms with Gasteiger partial charge in [-0.25, -0.2) is 4.98 Å². The van der Waals surface area contributed by atoms with Crippen molar-refractivity contribution in [3.05, 3.63) is 41.4 Å². The van der Waals surface area contributed by atoms with E-state index in [-0.39, 0.29) is 11.8 Å². The molecule has 1 aliphatic rings. The summed E-state index contributed by atoms with van der Waals surface area (Å²) in [7, 11) is 3.99. The molecular weight excluding hydrogens is 314 g/mol. The first-order valence-corrected chi connectivity index (χ1v) is 8.55. The second-order valence-electron chi connectivity index (χ2n) is 6.51. The zero-order valence-corrected chi connectivity index (χ0v) is 14.9. The van der Waals surface area contributed by atoms with Crippen molar-refractivity contribution in [1.29, 1.82) is 5.26 Å². The van der Waals surface area contributed by atoms with Crippen molar-refractivity contribution in [3.8, 4) is 6.07 Å². The smallest absolute Gasteiger partial charge is 0.245 e. The average molecular weight is 337 g/mol. The molecule has 0 saturated heterocycles. The summed E-state index contributed by atoms with van der Waals surface area (Å²) in [5, 5.41) is 9.63. The molecular formula is C19H23N5O. The fourth-order valence-corrected chi connectivity index (χ4v) is 3.07. The Hall–Kier alpha value is -2.81. The van der Waals surface area contributed by atoms with Gasteiger partial charge in [-0.3, -0.25) is 0 Å². The largest absolute Gasteiger partial charge is 0.423 e. The topological polar surface area (TPSA) is 91.4 Å². The van der Waals surface area contributed by atoms with E-state index in [1.165, 1.54) is 0 Å². The first-order valence-electron chi connectivity index (χ1n) is 8.55. The molecule has 3 rings (SSSR count). The van der Waals surface area contributed by atoms with Crippen LogP contribution >= 0.6 is 0 Å². The van der Waals surface area contributed by atoms with Gasteiger partial charge in [-0.15, -0.1) is 0 Å². The van der Waals surface area contributed by atoms with Crippen molar-refractivity contribution in [2.45, 2.75) is 32.1 Å². The highest BCUT2D eigenvalue weighted by Gasteiger charge is 2.37. The van der Waals surface area contributed by atoms with Crippen LogP contribution in [0.2, 0.25) is 0 Å². The molecule has 130 valence electrons. The number of aryl methyl sites for hydroxylation is 1. The van der Waals surface area contributed by atoms with E-state index in [4.69, 9.17) is 10.2 Å². The third kappa shape index (κ3) is 3.22. The molecule has 2 heterocycles. The van der Waals surface area contributed by atoms with Crippen LogP contribution in [0.15, 0.2) is 33.7 Å². The van der Waals surface area contributed by atoms with Crippen LogP contribution in [0.1, 0.15) is 42.8 Å². The Balaban J connectivity index is 2.03. The van der Waals surface area contributed by atoms with Gasteiger partial charge in [0.15, 0.2) is 5.89 Å². The molecule has 0 radical (unpaired) electrons. The predicted molar refractivity (Wildman–Crippen MR) is 98.1 cm³/mol. The molecule has 2 atom stereocenters. The fraction of sp³-hybridized carbons (Fsp3) is 0.421. The molecule has 0 saturated carbocycles. The van der Waals surface area contributed by atoms with Crippen LogP contribution in [0.5, 0.6) is 0 Å². The van der Waals surface area contributed by atoms with Gasteiger partial charge < -0.3 is 15.1 Å². The van der Waals surface area contributed by atoms with Crippen molar-refractivity contribution in [1.82, 2.24) is 4.98 Å². The van der Waals surface area contributed by atoms with E-state index in [9.17, 15) is 5.26 Å². The summed E-state index contributed by atoms with van der Waals surface area (Å²) in [5.41, 5.74) is 8.85. The molecule has 1 aliphatic heterocycles. The Morgan fingerprint density at radius 2 is 2.00 bits per heavy atom. The number of rotatable bonds is 5. The maximum atomic E-state index is 9.63. The quantitative estimate of drug-likeness (QED) is 0.903. The number of aliphatic imine (C=N–C) groups is 1. The number of amidine groups is 1. The first kappa shape index (κ1) is 17.0. The molecule has 0 aliphatic carbocycles. The third-order valence-corrected chi connectivity index (χ3v) is 4.51. The number of nitrogens with zero attached hydrogens (tertiary/aromatic N) is 4. The highest BCUT2D eigenvalue weighted by atomic mass is 16.4. The van der Waals surface area contributed by atoms with Crippen LogP contribution in [0.25, 0.3) is 0 Å². The lowest BCUT2D eigenvalue weighted by Gasteiger charge is -2.24. The van der Waals surface area contributed by atoms with Crippen LogP contribution in [0, 0.1) is 17.2 Å². The maximum absolute atomic E-state index is 9.63. The van der Waals surface area contributed by atoms with Crippen molar-refractivity contribution in [2.24, 2.45) is 16.6 Å². The zero-order valence-electron chi connectivity index (χ0n) is 14.9. The summed E-state index contributed by atoms with van der Waals surface area (Å²) >= 11 is 0. The van der Waals surface area contributed by atoms with Crippen LogP contribution < -0.4 is 10.6 Å². The molecule has 0 bridgehead atoms. The Kier molecular flexibility index (Phi) is 4.75. The van der Waals surface area contributed by atoms with E-state index in [0.717, 1.165) is 30.5 Å². The number of hydrogen-bond acceptors (Lipinski definition) is 6. The van der Waals surface area contributed by atoms with Crippen molar-refractivity contribution in [3.63, 3.8) is 0 Å². The van der Waals surface area contributed by atoms with Gasteiger partial charge in [0.1, 0.15) is 17.4 Å². The lowest BCUT2D eigenvalue weighted by atomic mass is 9.82. The molecule has 0 amide bonds. The average Bonchev–Trinajstić information content (AvgIpc) is 3.01. The molecule has 2 aromatic rings. The minimum atomic E-state index is -0.540. The fourth-order valence-electron chi connectivity index (χ4n) is 3.07. The monoisotopic (exact) mass is 337 g/mol. The number of nitriles is 1. The minimum absolute atomic E-state index is 0.257. The summed E-state index contributed by atoms with van der Waals surface area (Å²) in [6, 6.07) is 10.4. The molecule has 25 heavy (non-hydrogen) atoms. The van der Waals surface area contributed by atoms with Crippen LogP contribution in [-0.4, -0.2) is 24.9 Å². The molecule has 0 spiro atoms. The van der Waals surface area contributed by atoms with Gasteiger partial charge in [0.25, 0.3) is 0 Å². The van der Waals surface area contributed by atoms with E-state index in [1.807, 2.05) is 43.3 Å². The van der Waals surface area contributed by atoms with E-state index >= 15 is 0 Å². The van der Waals surface area contributed by atoms with E-state index < -0.39 is 5.92 Å². The number of anilines is 1. The maximum Gasteiger partial charge on any atom is 0.245 e. The van der Waals surface area contributed by atoms with Gasteiger partial charge in [0, 0.05) is 26.2 Å². The van der Waals surface area contributed by atoms with E-state index in [0.29, 0.717) is 17.5 Å². The Bertz CT molecular complexity index is 813. The molecule has 6 nitrogen and oxygen atoms in total. The van der Waals surface area contributed by atoms with Crippen LogP contribution in [0.4, 0.5) is 11.6 Å². The number of hydrogen-bond donors (Lipinski definition) is 1. The number of unbranched alkanes of at least 4 members (excludes halogenated alkanes) is 1. The standard InChI is InChI=1S/C19H23N5O/c1-4-5-6-15-22-17-16(12-7-9-13(10-8-12)24(2)3)14(11-20)18(21)23-19(17)25-15/h7-10,14,16H,4-6H2,1-3H3,(H2,21,23). The van der Waals surface area contributed by atoms with Crippen molar-refractivity contribution >= 4 is 17.4 Å². The summed E-state index contributed by atoms with van der Waals surface area (Å²) in [6.45, 7) is 2.12. The summed E-state index contributed by atoms with van der Waals surface area (Å²) in [6.07, 6.45) is 2.83. The zero-order chi connectivity index (χ0) is 18.0. The second kappa shape index (κ2) is 6.98. The van der Waals surface area contributed by atoms with Gasteiger partial charge >= 0.3 is 0 Å². The van der Waals surface area contributed by atoms with Gasteiger partial charge in [-0.1, -0.05) is 25.5 Å². The number of nitrogens with two attached hydrogens (primary N) is 1. The Labute approximate surface area is 148 Å². The van der Waals surface area contributed by atoms with Crippen molar-refractivity contribution < 1.29 is 4.42 Å². The van der Waals surface area contributed by atoms with Gasteiger partial charge in [-0.05, 0) is 24.1 Å². The number of benzene rings is 1. The molecule has 1 aromatic carbocycles. The summed E-state index contributed by atoms with van der Waals surface area (Å²) in [5.74, 6) is 0.596. The minimum Gasteiger partial charge on any atom is -0.423 e. The molecule has 0 fully saturated rings. The second-order valence-corrected chi connectivity index (χ2v) is 6.51. The molecule has 2 unspecified atom stereocenters. The molecule has 6 heteroatoms. The van der Waals surface area contributed by atoms with Crippen LogP contribution in [0.3, 0.4) is 0 Å². The predicted octanol–water partition coefficient (Wildman–Crippen LogP) is 3.36. The highest BCUT2D eigenvalue weighted by Crippen LogP contribution is 2.41. The number of aromatic nitrogens is 1. The number of fused-ring (bicyclic) bond motifs is 1. The highest BCUT2D eigenvalue weighted by molar-refractivity contribution is 5.90. The molecule has 1 aromatic heterocycles. The number of oxazole rings is 1. The van der Waals surface area contributed by atoms with Crippen molar-refractivity contribution in [2.75, 3.05) is 19.0 Å². The molecule has 2 N–H and O–H groups in total. The normalized spacial score (nSPS) is 19.0. The Morgan fingerprint density at radius 1 is 1.28 bits per heavy atom. The summed E-state index contributed by atoms with van der Waals surface area (Å²) in [4.78, 5) is 11.0. The Morgan fingerprint density at radius 3 is 2.60 bits per heavy atom. The van der Waals surface area contributed by atoms with Gasteiger partial charge in [0.05, 0.1) is 12.0 Å². The van der Waals surface area contributed by atoms with Crippen LogP contribution in [-0.2, 0) is 6.42 Å². The van der Waals surface area contributed by atoms with Gasteiger partial charge in [0.2, 0.25) is 5.88 Å². The van der Waals surface area contributed by atoms with Gasteiger partial charge in [-0.2, -0.15) is 10.3 Å². The third-order valence-electron chi connectivity index (χ3n) is 4.51. The van der Waals surface area contributed by atoms with E-state index in [2.05, 4.69) is 23.0 Å². The SMILES string of the molecule is CCCCc1nc2c(o1)N=C(N)C(C#N)C2c1ccc(N(C)C)cc1. The first-order chi connectivity index (χ1) is 12.0. The summed E-state index contributed by atoms with van der Waals surface area (Å²) < 4.78 is 5.79. The lowest BCUT2D eigenvalue weighted by Crippen LogP contribution is -2.31. The van der Waals surface area contributed by atoms with E-state index in [1.54, 1.807) is 0 Å². The lowest BCUT2D eigenvalue weighted by molar-refractivity contribution is 0.492.